The molecule has 0 unspecified atom stereocenters. The van der Waals surface area contributed by atoms with Crippen molar-refractivity contribution in [3.8, 4) is 0 Å². The summed E-state index contributed by atoms with van der Waals surface area (Å²) in [6, 6.07) is -7.39. The summed E-state index contributed by atoms with van der Waals surface area (Å²) in [7, 11) is 0. The molecule has 12 N–H and O–H groups in total. The number of carbonyl (C=O) groups is 7. The van der Waals surface area contributed by atoms with E-state index in [-0.39, 0.29) is 43.9 Å². The lowest BCUT2D eigenvalue weighted by Gasteiger charge is -2.26. The van der Waals surface area contributed by atoms with Crippen molar-refractivity contribution in [2.24, 2.45) is 29.0 Å². The predicted molar refractivity (Wildman–Crippen MR) is 166 cm³/mol. The molecule has 7 amide bonds. The van der Waals surface area contributed by atoms with Crippen LogP contribution >= 0.6 is 0 Å². The summed E-state index contributed by atoms with van der Waals surface area (Å²) >= 11 is 0. The van der Waals surface area contributed by atoms with Crippen LogP contribution in [-0.4, -0.2) is 95.1 Å². The lowest BCUT2D eigenvalue weighted by molar-refractivity contribution is -0.135. The normalized spacial score (nSPS) is 15.7. The first-order valence-electron chi connectivity index (χ1n) is 15.2. The number of aliphatic hydroxyl groups excluding tert-OH is 1. The van der Waals surface area contributed by atoms with Crippen molar-refractivity contribution in [1.29, 1.82) is 0 Å². The molecule has 0 aliphatic carbocycles. The summed E-state index contributed by atoms with van der Waals surface area (Å²) in [6.07, 6.45) is -0.0347. The zero-order chi connectivity index (χ0) is 35.7. The van der Waals surface area contributed by atoms with Gasteiger partial charge in [0.15, 0.2) is 0 Å². The number of hydrogen-bond acceptors (Lipinski definition) is 10. The Labute approximate surface area is 269 Å². The SMILES string of the molecule is CC(C)C[C@@H]([C]=O)NC(=O)[C@H](CC(C)C)NC(=O)[C@H](CCC(N)=O)NC(=O)[C@H](C)NC(=O)[C@H](CCC(N)=O)NC(=O)[C@@H](N)[C@@H](C)O. The van der Waals surface area contributed by atoms with Gasteiger partial charge in [-0.1, -0.05) is 27.7 Å². The summed E-state index contributed by atoms with van der Waals surface area (Å²) in [5.74, 6) is -5.58. The minimum Gasteiger partial charge on any atom is -0.391 e. The molecule has 0 aliphatic rings. The minimum atomic E-state index is -1.38. The number of nitrogens with one attached hydrogen (secondary N) is 5. The third-order valence-electron chi connectivity index (χ3n) is 6.71. The second-order valence-electron chi connectivity index (χ2n) is 12.1. The van der Waals surface area contributed by atoms with E-state index in [9.17, 15) is 43.5 Å². The highest BCUT2D eigenvalue weighted by molar-refractivity contribution is 5.96. The number of aliphatic hydroxyl groups is 1. The maximum Gasteiger partial charge on any atom is 0.243 e. The van der Waals surface area contributed by atoms with E-state index in [1.54, 1.807) is 6.29 Å². The van der Waals surface area contributed by atoms with Crippen LogP contribution in [0, 0.1) is 11.8 Å². The number of carbonyl (C=O) groups excluding carboxylic acids is 8. The third kappa shape index (κ3) is 16.8. The monoisotopic (exact) mass is 655 g/mol. The van der Waals surface area contributed by atoms with Crippen LogP contribution < -0.4 is 43.8 Å². The molecule has 0 bridgehead atoms. The average Bonchev–Trinajstić information content (AvgIpc) is 2.94. The molecule has 0 spiro atoms. The highest BCUT2D eigenvalue weighted by atomic mass is 16.3. The van der Waals surface area contributed by atoms with Crippen LogP contribution in [0.2, 0.25) is 0 Å². The van der Waals surface area contributed by atoms with E-state index in [2.05, 4.69) is 26.6 Å². The zero-order valence-electron chi connectivity index (χ0n) is 27.4. The Morgan fingerprint density at radius 3 is 1.43 bits per heavy atom. The lowest BCUT2D eigenvalue weighted by Crippen LogP contribution is -2.59. The molecule has 0 rings (SSSR count). The smallest absolute Gasteiger partial charge is 0.243 e. The molecule has 0 saturated heterocycles. The van der Waals surface area contributed by atoms with Gasteiger partial charge in [-0.3, -0.25) is 38.4 Å². The maximum absolute atomic E-state index is 13.3. The van der Waals surface area contributed by atoms with Crippen molar-refractivity contribution in [1.82, 2.24) is 26.6 Å². The van der Waals surface area contributed by atoms with Crippen molar-refractivity contribution in [2.45, 2.75) is 122 Å². The van der Waals surface area contributed by atoms with E-state index < -0.39 is 83.7 Å². The van der Waals surface area contributed by atoms with Crippen molar-refractivity contribution >= 4 is 47.6 Å². The van der Waals surface area contributed by atoms with Gasteiger partial charge in [0.05, 0.1) is 12.1 Å². The Kier molecular flexibility index (Phi) is 19.0. The highest BCUT2D eigenvalue weighted by Crippen LogP contribution is 2.09. The molecule has 0 aromatic heterocycles. The van der Waals surface area contributed by atoms with Crippen molar-refractivity contribution in [3.63, 3.8) is 0 Å². The number of amides is 7. The average molecular weight is 656 g/mol. The molecule has 1 radical (unpaired) electrons. The van der Waals surface area contributed by atoms with Crippen molar-refractivity contribution in [3.05, 3.63) is 0 Å². The summed E-state index contributed by atoms with van der Waals surface area (Å²) < 4.78 is 0. The van der Waals surface area contributed by atoms with Crippen LogP contribution in [0.25, 0.3) is 0 Å². The molecule has 0 fully saturated rings. The van der Waals surface area contributed by atoms with Crippen LogP contribution in [0.1, 0.15) is 80.1 Å². The van der Waals surface area contributed by atoms with Gasteiger partial charge in [-0.2, -0.15) is 0 Å². The number of hydrogen-bond donors (Lipinski definition) is 9. The van der Waals surface area contributed by atoms with Crippen LogP contribution in [0.5, 0.6) is 0 Å². The fourth-order valence-electron chi connectivity index (χ4n) is 4.13. The molecular weight excluding hydrogens is 604 g/mol. The molecule has 0 heterocycles. The van der Waals surface area contributed by atoms with Gasteiger partial charge in [0.2, 0.25) is 47.6 Å². The van der Waals surface area contributed by atoms with E-state index in [0.717, 1.165) is 0 Å². The fourth-order valence-corrected chi connectivity index (χ4v) is 4.13. The van der Waals surface area contributed by atoms with Crippen molar-refractivity contribution < 1.29 is 43.5 Å². The van der Waals surface area contributed by atoms with Gasteiger partial charge in [-0.25, -0.2) is 0 Å². The van der Waals surface area contributed by atoms with E-state index >= 15 is 0 Å². The van der Waals surface area contributed by atoms with Crippen molar-refractivity contribution in [2.75, 3.05) is 0 Å². The van der Waals surface area contributed by atoms with Crippen LogP contribution in [0.3, 0.4) is 0 Å². The molecule has 0 aromatic rings. The summed E-state index contributed by atoms with van der Waals surface area (Å²) in [5, 5.41) is 21.8. The molecular formula is C29H51N8O9. The van der Waals surface area contributed by atoms with Crippen LogP contribution in [0.15, 0.2) is 0 Å². The first kappa shape index (κ1) is 41.9. The Bertz CT molecular complexity index is 1080. The Hall–Kier alpha value is -4.12. The second-order valence-corrected chi connectivity index (χ2v) is 12.1. The maximum atomic E-state index is 13.3. The quantitative estimate of drug-likeness (QED) is 0.0565. The standard InChI is InChI=1S/C29H51N8O9/c1-14(2)11-18(13-38)34-28(45)21(12-15(3)4)37-27(44)20(8-10-23(31)41)35-25(42)16(5)33-26(43)19(7-9-22(30)40)36-29(46)24(32)17(6)39/h14-21,24,39H,7-12,32H2,1-6H3,(H2,30,40)(H2,31,41)(H,33,43)(H,34,45)(H,35,42)(H,36,46)(H,37,44)/t16-,17+,18-,19-,20-,21-,24-/m0/s1. The van der Waals surface area contributed by atoms with Gasteiger partial charge in [-0.15, -0.1) is 0 Å². The molecule has 7 atom stereocenters. The van der Waals surface area contributed by atoms with Crippen LogP contribution in [0.4, 0.5) is 0 Å². The van der Waals surface area contributed by atoms with Gasteiger partial charge in [0.1, 0.15) is 30.2 Å². The van der Waals surface area contributed by atoms with Crippen LogP contribution in [-0.2, 0) is 38.4 Å². The molecule has 0 aliphatic heterocycles. The highest BCUT2D eigenvalue weighted by Gasteiger charge is 2.32. The first-order chi connectivity index (χ1) is 21.3. The molecule has 17 heteroatoms. The number of nitrogens with two attached hydrogens (primary N) is 3. The molecule has 46 heavy (non-hydrogen) atoms. The third-order valence-corrected chi connectivity index (χ3v) is 6.71. The number of rotatable bonds is 22. The summed E-state index contributed by atoms with van der Waals surface area (Å²) in [6.45, 7) is 9.92. The molecule has 0 aromatic carbocycles. The summed E-state index contributed by atoms with van der Waals surface area (Å²) in [5.41, 5.74) is 16.0. The fraction of sp³-hybridized carbons (Fsp3) is 0.724. The molecule has 261 valence electrons. The zero-order valence-corrected chi connectivity index (χ0v) is 27.4. The van der Waals surface area contributed by atoms with Gasteiger partial charge in [0.25, 0.3) is 0 Å². The van der Waals surface area contributed by atoms with E-state index in [0.29, 0.717) is 6.42 Å². The predicted octanol–water partition coefficient (Wildman–Crippen LogP) is -3.13. The Morgan fingerprint density at radius 1 is 0.609 bits per heavy atom. The summed E-state index contributed by atoms with van der Waals surface area (Å²) in [4.78, 5) is 98.9. The van der Waals surface area contributed by atoms with E-state index in [4.69, 9.17) is 17.2 Å². The van der Waals surface area contributed by atoms with Gasteiger partial charge >= 0.3 is 0 Å². The first-order valence-corrected chi connectivity index (χ1v) is 15.2. The van der Waals surface area contributed by atoms with E-state index in [1.807, 2.05) is 27.7 Å². The molecule has 0 saturated carbocycles. The molecule has 17 nitrogen and oxygen atoms in total. The lowest BCUT2D eigenvalue weighted by atomic mass is 10.00. The van der Waals surface area contributed by atoms with Gasteiger partial charge < -0.3 is 48.9 Å². The minimum absolute atomic E-state index is 0.0631. The van der Waals surface area contributed by atoms with Gasteiger partial charge in [-0.05, 0) is 51.4 Å². The Morgan fingerprint density at radius 2 is 1.02 bits per heavy atom. The largest absolute Gasteiger partial charge is 0.391 e. The van der Waals surface area contributed by atoms with E-state index in [1.165, 1.54) is 13.8 Å². The Balaban J connectivity index is 5.82. The topological polar surface area (TPSA) is 295 Å². The number of primary amides is 2. The van der Waals surface area contributed by atoms with Gasteiger partial charge in [0, 0.05) is 12.8 Å². The second kappa shape index (κ2) is 20.8.